The van der Waals surface area contributed by atoms with Crippen molar-refractivity contribution in [1.29, 1.82) is 0 Å². The molecule has 1 heteroatoms. The highest BCUT2D eigenvalue weighted by atomic mass is 15.1. The van der Waals surface area contributed by atoms with Crippen molar-refractivity contribution < 1.29 is 0 Å². The van der Waals surface area contributed by atoms with Crippen LogP contribution in [0.2, 0.25) is 0 Å². The van der Waals surface area contributed by atoms with Gasteiger partial charge in [0.05, 0.1) is 0 Å². The van der Waals surface area contributed by atoms with Gasteiger partial charge in [-0.15, -0.1) is 0 Å². The third kappa shape index (κ3) is 4.81. The molecular formula is C46H31N. The summed E-state index contributed by atoms with van der Waals surface area (Å²) < 4.78 is 0. The summed E-state index contributed by atoms with van der Waals surface area (Å²) in [5.41, 5.74) is 8.19. The first kappa shape index (κ1) is 27.2. The van der Waals surface area contributed by atoms with Gasteiger partial charge in [-0.05, 0) is 108 Å². The molecule has 47 heavy (non-hydrogen) atoms. The fourth-order valence-electron chi connectivity index (χ4n) is 7.13. The predicted molar refractivity (Wildman–Crippen MR) is 202 cm³/mol. The zero-order valence-electron chi connectivity index (χ0n) is 25.8. The number of hydrogen-bond donors (Lipinski definition) is 0. The van der Waals surface area contributed by atoms with E-state index in [2.05, 4.69) is 193 Å². The summed E-state index contributed by atoms with van der Waals surface area (Å²) in [5, 5.41) is 10.1. The molecular weight excluding hydrogens is 567 g/mol. The van der Waals surface area contributed by atoms with Gasteiger partial charge in [-0.3, -0.25) is 0 Å². The lowest BCUT2D eigenvalue weighted by Gasteiger charge is -2.27. The molecule has 9 aromatic carbocycles. The minimum atomic E-state index is 1.12. The molecule has 0 heterocycles. The van der Waals surface area contributed by atoms with Crippen molar-refractivity contribution in [1.82, 2.24) is 0 Å². The molecule has 0 aliphatic heterocycles. The normalized spacial score (nSPS) is 11.4. The highest BCUT2D eigenvalue weighted by Crippen LogP contribution is 2.42. The Morgan fingerprint density at radius 3 is 1.62 bits per heavy atom. The molecule has 0 bridgehead atoms. The van der Waals surface area contributed by atoms with Crippen LogP contribution >= 0.6 is 0 Å². The van der Waals surface area contributed by atoms with E-state index in [1.165, 1.54) is 65.3 Å². The first-order valence-corrected chi connectivity index (χ1v) is 16.2. The van der Waals surface area contributed by atoms with Gasteiger partial charge in [-0.25, -0.2) is 0 Å². The molecule has 0 fully saturated rings. The first-order valence-electron chi connectivity index (χ1n) is 16.2. The fraction of sp³-hybridized carbons (Fsp3) is 0. The number of rotatable bonds is 5. The van der Waals surface area contributed by atoms with Crippen molar-refractivity contribution in [3.63, 3.8) is 0 Å². The van der Waals surface area contributed by atoms with Crippen LogP contribution in [0.25, 0.3) is 65.3 Å². The third-order valence-corrected chi connectivity index (χ3v) is 9.38. The molecule has 0 amide bonds. The van der Waals surface area contributed by atoms with Gasteiger partial charge in [0.15, 0.2) is 0 Å². The minimum absolute atomic E-state index is 1.12. The quantitative estimate of drug-likeness (QED) is 0.178. The van der Waals surface area contributed by atoms with Gasteiger partial charge in [-0.2, -0.15) is 0 Å². The number of hydrogen-bond acceptors (Lipinski definition) is 1. The summed E-state index contributed by atoms with van der Waals surface area (Å²) >= 11 is 0. The Balaban J connectivity index is 1.27. The summed E-state index contributed by atoms with van der Waals surface area (Å²) in [6, 6.07) is 68.3. The summed E-state index contributed by atoms with van der Waals surface area (Å²) in [6.45, 7) is 0. The molecule has 9 aromatic rings. The Kier molecular flexibility index (Phi) is 6.54. The highest BCUT2D eigenvalue weighted by molar-refractivity contribution is 6.21. The molecule has 0 aromatic heterocycles. The SMILES string of the molecule is c1ccc(-c2cccc(N(c3cccc(-c4cc5c6ccccc6ccc5c5ccccc45)c3)c3ccc4ccccc4c3)c2)cc1. The van der Waals surface area contributed by atoms with Crippen LogP contribution in [0.15, 0.2) is 188 Å². The van der Waals surface area contributed by atoms with E-state index in [0.29, 0.717) is 0 Å². The van der Waals surface area contributed by atoms with Gasteiger partial charge in [0.1, 0.15) is 0 Å². The topological polar surface area (TPSA) is 3.24 Å². The Bertz CT molecular complexity index is 2580. The lowest BCUT2D eigenvalue weighted by molar-refractivity contribution is 1.29. The van der Waals surface area contributed by atoms with E-state index < -0.39 is 0 Å². The van der Waals surface area contributed by atoms with Crippen molar-refractivity contribution in [2.45, 2.75) is 0 Å². The molecule has 1 nitrogen and oxygen atoms in total. The van der Waals surface area contributed by atoms with E-state index in [1.807, 2.05) is 0 Å². The largest absolute Gasteiger partial charge is 0.310 e. The Hall–Kier alpha value is -6.18. The number of fused-ring (bicyclic) bond motifs is 6. The monoisotopic (exact) mass is 597 g/mol. The fourth-order valence-corrected chi connectivity index (χ4v) is 7.13. The van der Waals surface area contributed by atoms with Crippen LogP contribution in [-0.2, 0) is 0 Å². The first-order chi connectivity index (χ1) is 23.3. The van der Waals surface area contributed by atoms with E-state index >= 15 is 0 Å². The average Bonchev–Trinajstić information content (AvgIpc) is 3.15. The van der Waals surface area contributed by atoms with Crippen molar-refractivity contribution in [3.05, 3.63) is 188 Å². The van der Waals surface area contributed by atoms with Crippen LogP contribution in [0.4, 0.5) is 17.1 Å². The molecule has 0 aliphatic rings. The molecule has 0 unspecified atom stereocenters. The van der Waals surface area contributed by atoms with Gasteiger partial charge >= 0.3 is 0 Å². The third-order valence-electron chi connectivity index (χ3n) is 9.38. The molecule has 0 atom stereocenters. The second-order valence-corrected chi connectivity index (χ2v) is 12.2. The van der Waals surface area contributed by atoms with Crippen molar-refractivity contribution in [2.24, 2.45) is 0 Å². The van der Waals surface area contributed by atoms with Gasteiger partial charge in [0.2, 0.25) is 0 Å². The molecule has 0 saturated heterocycles. The van der Waals surface area contributed by atoms with Crippen LogP contribution in [-0.4, -0.2) is 0 Å². The summed E-state index contributed by atoms with van der Waals surface area (Å²) in [7, 11) is 0. The van der Waals surface area contributed by atoms with Crippen molar-refractivity contribution in [3.8, 4) is 22.3 Å². The number of nitrogens with zero attached hydrogens (tertiary/aromatic N) is 1. The Morgan fingerprint density at radius 1 is 0.255 bits per heavy atom. The van der Waals surface area contributed by atoms with Crippen molar-refractivity contribution >= 4 is 60.2 Å². The number of anilines is 3. The van der Waals surface area contributed by atoms with Crippen LogP contribution in [0.3, 0.4) is 0 Å². The summed E-state index contributed by atoms with van der Waals surface area (Å²) in [6.07, 6.45) is 0. The zero-order chi connectivity index (χ0) is 31.2. The lowest BCUT2D eigenvalue weighted by atomic mass is 9.91. The molecule has 9 rings (SSSR count). The smallest absolute Gasteiger partial charge is 0.0468 e. The molecule has 0 spiro atoms. The average molecular weight is 598 g/mol. The second-order valence-electron chi connectivity index (χ2n) is 12.2. The molecule has 0 N–H and O–H groups in total. The van der Waals surface area contributed by atoms with E-state index in [1.54, 1.807) is 0 Å². The maximum atomic E-state index is 2.40. The maximum Gasteiger partial charge on any atom is 0.0468 e. The highest BCUT2D eigenvalue weighted by Gasteiger charge is 2.17. The van der Waals surface area contributed by atoms with Gasteiger partial charge < -0.3 is 4.90 Å². The second kappa shape index (κ2) is 11.3. The molecule has 0 radical (unpaired) electrons. The van der Waals surface area contributed by atoms with E-state index in [0.717, 1.165) is 17.1 Å². The van der Waals surface area contributed by atoms with Crippen molar-refractivity contribution in [2.75, 3.05) is 4.90 Å². The summed E-state index contributed by atoms with van der Waals surface area (Å²) in [4.78, 5) is 2.39. The standard InChI is InChI=1S/C46H31N/c1-2-12-32(13-3-1)36-17-10-19-38(28-36)47(40-26-24-33-14-4-5-16-35(33)29-40)39-20-11-18-37(30-39)45-31-46-41-21-7-6-15-34(41)25-27-44(46)42-22-8-9-23-43(42)45/h1-31H. The van der Waals surface area contributed by atoms with Crippen LogP contribution in [0.1, 0.15) is 0 Å². The molecule has 220 valence electrons. The Morgan fingerprint density at radius 2 is 0.809 bits per heavy atom. The molecule has 0 saturated carbocycles. The van der Waals surface area contributed by atoms with Gasteiger partial charge in [0.25, 0.3) is 0 Å². The van der Waals surface area contributed by atoms with Gasteiger partial charge in [0, 0.05) is 17.1 Å². The molecule has 0 aliphatic carbocycles. The minimum Gasteiger partial charge on any atom is -0.310 e. The van der Waals surface area contributed by atoms with E-state index in [4.69, 9.17) is 0 Å². The summed E-state index contributed by atoms with van der Waals surface area (Å²) in [5.74, 6) is 0. The van der Waals surface area contributed by atoms with Gasteiger partial charge in [-0.1, -0.05) is 146 Å². The van der Waals surface area contributed by atoms with E-state index in [-0.39, 0.29) is 0 Å². The van der Waals surface area contributed by atoms with Crippen LogP contribution in [0, 0.1) is 0 Å². The predicted octanol–water partition coefficient (Wildman–Crippen LogP) is 13.1. The Labute approximate surface area is 274 Å². The number of benzene rings is 9. The van der Waals surface area contributed by atoms with Crippen LogP contribution in [0.5, 0.6) is 0 Å². The maximum absolute atomic E-state index is 2.40. The zero-order valence-corrected chi connectivity index (χ0v) is 25.8. The lowest BCUT2D eigenvalue weighted by Crippen LogP contribution is -2.10. The van der Waals surface area contributed by atoms with E-state index in [9.17, 15) is 0 Å². The van der Waals surface area contributed by atoms with Crippen LogP contribution < -0.4 is 4.90 Å².